The molecule has 7 nitrogen and oxygen atoms in total. The summed E-state index contributed by atoms with van der Waals surface area (Å²) in [5.41, 5.74) is 15.3. The number of benzene rings is 1. The zero-order valence-electron chi connectivity index (χ0n) is 21.2. The topological polar surface area (TPSA) is 92.3 Å². The summed E-state index contributed by atoms with van der Waals surface area (Å²) < 4.78 is 0. The van der Waals surface area contributed by atoms with Gasteiger partial charge in [-0.3, -0.25) is 9.98 Å². The molecule has 1 spiro atoms. The molecule has 8 heteroatoms. The summed E-state index contributed by atoms with van der Waals surface area (Å²) in [6.45, 7) is 2.40. The van der Waals surface area contributed by atoms with Gasteiger partial charge < -0.3 is 16.0 Å². The van der Waals surface area contributed by atoms with E-state index in [1.165, 1.54) is 24.0 Å². The Hall–Kier alpha value is -3.03. The lowest BCUT2D eigenvalue weighted by Gasteiger charge is -2.42. The van der Waals surface area contributed by atoms with E-state index in [9.17, 15) is 0 Å². The first-order valence-corrected chi connectivity index (χ1v) is 13.8. The molecule has 0 bridgehead atoms. The van der Waals surface area contributed by atoms with Crippen molar-refractivity contribution in [2.24, 2.45) is 22.1 Å². The van der Waals surface area contributed by atoms with Gasteiger partial charge in [0.1, 0.15) is 11.5 Å². The molecule has 4 aliphatic rings. The first-order valence-electron chi connectivity index (χ1n) is 13.4. The zero-order chi connectivity index (χ0) is 25.1. The molecule has 2 aliphatic carbocycles. The number of hydrogen-bond acceptors (Lipinski definition) is 7. The third kappa shape index (κ3) is 3.91. The quantitative estimate of drug-likeness (QED) is 0.513. The molecule has 0 radical (unpaired) electrons. The molecule has 2 aliphatic heterocycles. The Morgan fingerprint density at radius 1 is 1.16 bits per heavy atom. The molecule has 2 aromatic heterocycles. The number of hydrogen-bond donors (Lipinski definition) is 2. The monoisotopic (exact) mass is 513 g/mol. The first-order chi connectivity index (χ1) is 18.0. The molecule has 7 rings (SSSR count). The van der Waals surface area contributed by atoms with Gasteiger partial charge in [0.05, 0.1) is 34.9 Å². The molecule has 37 heavy (non-hydrogen) atoms. The van der Waals surface area contributed by atoms with Gasteiger partial charge in [0.25, 0.3) is 0 Å². The number of fused-ring (bicyclic) bond motifs is 2. The van der Waals surface area contributed by atoms with Crippen LogP contribution in [0.25, 0.3) is 0 Å². The van der Waals surface area contributed by atoms with E-state index in [0.717, 1.165) is 84.6 Å². The standard InChI is InChI=1S/C29H32ClN7/c1-32-19-5-4-18-14-29(28(31)21(18)13-19)7-10-37(11-8-29)24-16-35-27-23(36-24)15-34-26(27)20-6-9-33-22(25(20)30)12-17-2-3-17/h4-6,9,13,16-17,28,32H,2-3,7-8,10-12,14-15,31H2,1H3/t28-/m1/s1. The van der Waals surface area contributed by atoms with Crippen molar-refractivity contribution < 1.29 is 0 Å². The van der Waals surface area contributed by atoms with Crippen molar-refractivity contribution in [2.45, 2.75) is 51.1 Å². The van der Waals surface area contributed by atoms with Crippen molar-refractivity contribution in [2.75, 3.05) is 30.4 Å². The zero-order valence-corrected chi connectivity index (χ0v) is 21.9. The fourth-order valence-electron chi connectivity index (χ4n) is 6.42. The molecule has 1 saturated heterocycles. The third-order valence-corrected chi connectivity index (χ3v) is 9.32. The lowest BCUT2D eigenvalue weighted by Crippen LogP contribution is -2.44. The second-order valence-corrected chi connectivity index (χ2v) is 11.5. The van der Waals surface area contributed by atoms with E-state index in [1.54, 1.807) is 0 Å². The summed E-state index contributed by atoms with van der Waals surface area (Å²) in [6.07, 6.45) is 10.4. The fourth-order valence-corrected chi connectivity index (χ4v) is 6.69. The number of pyridine rings is 1. The molecular formula is C29H32ClN7. The maximum atomic E-state index is 6.86. The fraction of sp³-hybridized carbons (Fsp3) is 0.448. The van der Waals surface area contributed by atoms with Crippen LogP contribution < -0.4 is 16.0 Å². The number of halogens is 1. The molecule has 190 valence electrons. The summed E-state index contributed by atoms with van der Waals surface area (Å²) in [5, 5.41) is 3.96. The minimum atomic E-state index is 0.0786. The molecule has 3 aromatic rings. The SMILES string of the molecule is CNc1ccc2c(c1)[C@@H](N)C1(CCN(c3cnc4c(n3)CN=C4c3ccnc(CC4CC4)c3Cl)CC1)C2. The lowest BCUT2D eigenvalue weighted by atomic mass is 9.73. The average Bonchev–Trinajstić information content (AvgIpc) is 3.59. The second kappa shape index (κ2) is 8.77. The minimum absolute atomic E-state index is 0.0786. The Balaban J connectivity index is 1.07. The van der Waals surface area contributed by atoms with Gasteiger partial charge in [-0.15, -0.1) is 0 Å². The largest absolute Gasteiger partial charge is 0.388 e. The maximum Gasteiger partial charge on any atom is 0.147 e. The van der Waals surface area contributed by atoms with E-state index in [2.05, 4.69) is 33.4 Å². The number of aliphatic imine (C=N–C) groups is 1. The van der Waals surface area contributed by atoms with Crippen molar-refractivity contribution in [3.63, 3.8) is 0 Å². The van der Waals surface area contributed by atoms with Crippen LogP contribution >= 0.6 is 11.6 Å². The summed E-state index contributed by atoms with van der Waals surface area (Å²) in [7, 11) is 1.96. The Bertz CT molecular complexity index is 1410. The van der Waals surface area contributed by atoms with Crippen molar-refractivity contribution in [1.29, 1.82) is 0 Å². The Morgan fingerprint density at radius 3 is 2.78 bits per heavy atom. The van der Waals surface area contributed by atoms with E-state index in [0.29, 0.717) is 11.6 Å². The highest BCUT2D eigenvalue weighted by Crippen LogP contribution is 2.51. The van der Waals surface area contributed by atoms with Crippen LogP contribution in [0.4, 0.5) is 11.5 Å². The van der Waals surface area contributed by atoms with Gasteiger partial charge in [0.15, 0.2) is 0 Å². The predicted molar refractivity (Wildman–Crippen MR) is 148 cm³/mol. The number of piperidine rings is 1. The van der Waals surface area contributed by atoms with Crippen molar-refractivity contribution in [3.05, 3.63) is 75.5 Å². The van der Waals surface area contributed by atoms with Crippen LogP contribution in [0.1, 0.15) is 65.5 Å². The van der Waals surface area contributed by atoms with Gasteiger partial charge in [-0.1, -0.05) is 17.7 Å². The number of anilines is 2. The summed E-state index contributed by atoms with van der Waals surface area (Å²) >= 11 is 6.79. The first kappa shape index (κ1) is 23.1. The summed E-state index contributed by atoms with van der Waals surface area (Å²) in [6, 6.07) is 8.66. The van der Waals surface area contributed by atoms with Crippen molar-refractivity contribution in [1.82, 2.24) is 15.0 Å². The molecule has 2 fully saturated rings. The number of nitrogens with two attached hydrogens (primary N) is 1. The molecule has 1 aromatic carbocycles. The number of nitrogens with zero attached hydrogens (tertiary/aromatic N) is 5. The average molecular weight is 514 g/mol. The number of nitrogens with one attached hydrogen (secondary N) is 1. The van der Waals surface area contributed by atoms with E-state index in [1.807, 2.05) is 25.5 Å². The Morgan fingerprint density at radius 2 is 2.00 bits per heavy atom. The Kier molecular flexibility index (Phi) is 5.48. The van der Waals surface area contributed by atoms with Crippen LogP contribution in [0.3, 0.4) is 0 Å². The van der Waals surface area contributed by atoms with E-state index >= 15 is 0 Å². The smallest absolute Gasteiger partial charge is 0.147 e. The van der Waals surface area contributed by atoms with Gasteiger partial charge in [0, 0.05) is 43.6 Å². The molecular weight excluding hydrogens is 482 g/mol. The number of rotatable bonds is 5. The normalized spacial score (nSPS) is 21.6. The molecule has 1 atom stereocenters. The Labute approximate surface area is 222 Å². The van der Waals surface area contributed by atoms with Gasteiger partial charge in [-0.2, -0.15) is 0 Å². The van der Waals surface area contributed by atoms with Crippen LogP contribution in [-0.4, -0.2) is 40.8 Å². The minimum Gasteiger partial charge on any atom is -0.388 e. The van der Waals surface area contributed by atoms with Gasteiger partial charge in [-0.05, 0) is 79.2 Å². The van der Waals surface area contributed by atoms with Gasteiger partial charge >= 0.3 is 0 Å². The molecule has 1 saturated carbocycles. The highest BCUT2D eigenvalue weighted by Gasteiger charge is 2.46. The second-order valence-electron chi connectivity index (χ2n) is 11.1. The van der Waals surface area contributed by atoms with Crippen LogP contribution in [0.2, 0.25) is 5.02 Å². The predicted octanol–water partition coefficient (Wildman–Crippen LogP) is 4.71. The summed E-state index contributed by atoms with van der Waals surface area (Å²) in [4.78, 5) is 21.6. The maximum absolute atomic E-state index is 6.86. The van der Waals surface area contributed by atoms with Crippen LogP contribution in [-0.2, 0) is 19.4 Å². The van der Waals surface area contributed by atoms with Gasteiger partial charge in [-0.25, -0.2) is 9.97 Å². The van der Waals surface area contributed by atoms with Crippen LogP contribution in [0, 0.1) is 11.3 Å². The molecule has 0 unspecified atom stereocenters. The summed E-state index contributed by atoms with van der Waals surface area (Å²) in [5.74, 6) is 1.66. The van der Waals surface area contributed by atoms with E-state index < -0.39 is 0 Å². The van der Waals surface area contributed by atoms with Crippen molar-refractivity contribution >= 4 is 28.8 Å². The van der Waals surface area contributed by atoms with E-state index in [4.69, 9.17) is 32.3 Å². The molecule has 4 heterocycles. The molecule has 3 N–H and O–H groups in total. The van der Waals surface area contributed by atoms with Crippen LogP contribution in [0.5, 0.6) is 0 Å². The molecule has 0 amide bonds. The van der Waals surface area contributed by atoms with Crippen molar-refractivity contribution in [3.8, 4) is 0 Å². The third-order valence-electron chi connectivity index (χ3n) is 8.89. The lowest BCUT2D eigenvalue weighted by molar-refractivity contribution is 0.187. The highest BCUT2D eigenvalue weighted by molar-refractivity contribution is 6.36. The van der Waals surface area contributed by atoms with Crippen LogP contribution in [0.15, 0.2) is 41.7 Å². The van der Waals surface area contributed by atoms with Gasteiger partial charge in [0.2, 0.25) is 0 Å². The number of aromatic nitrogens is 3. The van der Waals surface area contributed by atoms with E-state index in [-0.39, 0.29) is 11.5 Å². The highest BCUT2D eigenvalue weighted by atomic mass is 35.5.